The van der Waals surface area contributed by atoms with Crippen LogP contribution < -0.4 is 10.4 Å². The lowest BCUT2D eigenvalue weighted by molar-refractivity contribution is -0.285. The van der Waals surface area contributed by atoms with Gasteiger partial charge in [0.15, 0.2) is 12.4 Å². The molecule has 0 saturated carbocycles. The highest BCUT2D eigenvalue weighted by Gasteiger charge is 2.52. The largest absolute Gasteiger partial charge is 0.453 e. The molecule has 0 radical (unpaired) electrons. The molecule has 37 heavy (non-hydrogen) atoms. The van der Waals surface area contributed by atoms with Crippen LogP contribution in [0, 0.1) is 0 Å². The van der Waals surface area contributed by atoms with Gasteiger partial charge >= 0.3 is 5.97 Å². The van der Waals surface area contributed by atoms with E-state index in [9.17, 15) is 20.1 Å². The molecule has 1 saturated heterocycles. The lowest BCUT2D eigenvalue weighted by atomic mass is 9.99. The van der Waals surface area contributed by atoms with Crippen LogP contribution in [0.25, 0.3) is 0 Å². The maximum atomic E-state index is 12.6. The standard InChI is InChI=1S/C29H34O7Si/c1-29(2,3)37(21-15-9-5-10-16-21,22-17-11-6-12-18-22)34-19-23-24(30)26(25(31)28(33)35-23)36-27(32)20-13-7-4-8-14-20/h4-18,23-26,28,30-31,33H,19H2,1-3H3/t23-,24-,25-,26+,28-/m1/s1. The number of rotatable bonds is 7. The first-order valence-corrected chi connectivity index (χ1v) is 14.3. The zero-order valence-electron chi connectivity index (χ0n) is 21.2. The van der Waals surface area contributed by atoms with Crippen molar-refractivity contribution in [2.24, 2.45) is 0 Å². The summed E-state index contributed by atoms with van der Waals surface area (Å²) in [7, 11) is -2.95. The van der Waals surface area contributed by atoms with E-state index in [1.54, 1.807) is 30.3 Å². The lowest BCUT2D eigenvalue weighted by Gasteiger charge is -2.45. The van der Waals surface area contributed by atoms with Crippen LogP contribution in [-0.2, 0) is 13.9 Å². The Hall–Kier alpha value is -2.85. The molecule has 8 heteroatoms. The molecule has 3 aromatic rings. The average Bonchev–Trinajstić information content (AvgIpc) is 2.90. The van der Waals surface area contributed by atoms with Gasteiger partial charge in [-0.3, -0.25) is 0 Å². The number of esters is 1. The number of benzene rings is 3. The number of hydrogen-bond acceptors (Lipinski definition) is 7. The second-order valence-corrected chi connectivity index (χ2v) is 14.6. The second kappa shape index (κ2) is 11.3. The molecular formula is C29H34O7Si. The van der Waals surface area contributed by atoms with Gasteiger partial charge in [-0.15, -0.1) is 0 Å². The van der Waals surface area contributed by atoms with Crippen molar-refractivity contribution in [3.63, 3.8) is 0 Å². The van der Waals surface area contributed by atoms with Crippen LogP contribution in [-0.4, -0.2) is 66.9 Å². The quantitative estimate of drug-likeness (QED) is 0.323. The summed E-state index contributed by atoms with van der Waals surface area (Å²) >= 11 is 0. The van der Waals surface area contributed by atoms with Crippen molar-refractivity contribution < 1.29 is 34.0 Å². The van der Waals surface area contributed by atoms with Gasteiger partial charge in [-0.2, -0.15) is 0 Å². The molecule has 4 rings (SSSR count). The summed E-state index contributed by atoms with van der Waals surface area (Å²) < 4.78 is 17.8. The molecule has 3 N–H and O–H groups in total. The third-order valence-corrected chi connectivity index (χ3v) is 11.8. The van der Waals surface area contributed by atoms with Crippen molar-refractivity contribution in [3.05, 3.63) is 96.6 Å². The van der Waals surface area contributed by atoms with Crippen LogP contribution in [0.1, 0.15) is 31.1 Å². The third kappa shape index (κ3) is 5.55. The Bertz CT molecular complexity index is 1110. The molecule has 5 atom stereocenters. The van der Waals surface area contributed by atoms with Crippen molar-refractivity contribution in [1.29, 1.82) is 0 Å². The van der Waals surface area contributed by atoms with Crippen molar-refractivity contribution in [2.45, 2.75) is 56.5 Å². The first-order chi connectivity index (χ1) is 17.6. The Labute approximate surface area is 218 Å². The van der Waals surface area contributed by atoms with E-state index in [2.05, 4.69) is 20.8 Å². The Balaban J connectivity index is 1.63. The Morgan fingerprint density at radius 1 is 0.811 bits per heavy atom. The smallest absolute Gasteiger partial charge is 0.338 e. The minimum atomic E-state index is -2.95. The van der Waals surface area contributed by atoms with E-state index in [1.807, 2.05) is 60.7 Å². The summed E-state index contributed by atoms with van der Waals surface area (Å²) in [5, 5.41) is 33.8. The molecule has 0 aliphatic carbocycles. The molecular weight excluding hydrogens is 488 g/mol. The number of aliphatic hydroxyl groups is 3. The topological polar surface area (TPSA) is 105 Å². The summed E-state index contributed by atoms with van der Waals surface area (Å²) in [6.07, 6.45) is -7.15. The number of hydrogen-bond donors (Lipinski definition) is 3. The van der Waals surface area contributed by atoms with Crippen molar-refractivity contribution in [1.82, 2.24) is 0 Å². The van der Waals surface area contributed by atoms with Crippen molar-refractivity contribution in [3.8, 4) is 0 Å². The minimum absolute atomic E-state index is 0.0857. The van der Waals surface area contributed by atoms with E-state index < -0.39 is 45.0 Å². The van der Waals surface area contributed by atoms with Gasteiger partial charge in [-0.05, 0) is 27.5 Å². The van der Waals surface area contributed by atoms with E-state index in [-0.39, 0.29) is 17.2 Å². The molecule has 1 aliphatic heterocycles. The third-order valence-electron chi connectivity index (χ3n) is 6.79. The molecule has 1 fully saturated rings. The Kier molecular flexibility index (Phi) is 8.28. The fourth-order valence-electron chi connectivity index (χ4n) is 4.93. The Morgan fingerprint density at radius 2 is 1.30 bits per heavy atom. The van der Waals surface area contributed by atoms with Gasteiger partial charge in [0.25, 0.3) is 8.32 Å². The molecule has 7 nitrogen and oxygen atoms in total. The predicted octanol–water partition coefficient (Wildman–Crippen LogP) is 2.23. The molecule has 1 aliphatic rings. The summed E-state index contributed by atoms with van der Waals surface area (Å²) in [4.78, 5) is 12.6. The number of ether oxygens (including phenoxy) is 2. The van der Waals surface area contributed by atoms with Gasteiger partial charge in [0, 0.05) is 0 Å². The van der Waals surface area contributed by atoms with Crippen LogP contribution in [0.4, 0.5) is 0 Å². The molecule has 196 valence electrons. The van der Waals surface area contributed by atoms with Crippen LogP contribution in [0.5, 0.6) is 0 Å². The first-order valence-electron chi connectivity index (χ1n) is 12.4. The predicted molar refractivity (Wildman–Crippen MR) is 142 cm³/mol. The zero-order chi connectivity index (χ0) is 26.6. The van der Waals surface area contributed by atoms with Gasteiger partial charge in [0.05, 0.1) is 12.2 Å². The van der Waals surface area contributed by atoms with Crippen LogP contribution in [0.3, 0.4) is 0 Å². The number of carbonyl (C=O) groups excluding carboxylic acids is 1. The molecule has 0 aromatic heterocycles. The Morgan fingerprint density at radius 3 is 1.78 bits per heavy atom. The summed E-state index contributed by atoms with van der Waals surface area (Å²) in [5.41, 5.74) is 0.267. The van der Waals surface area contributed by atoms with Gasteiger partial charge in [0.1, 0.15) is 18.3 Å². The maximum Gasteiger partial charge on any atom is 0.338 e. The van der Waals surface area contributed by atoms with Gasteiger partial charge in [-0.25, -0.2) is 4.79 Å². The summed E-state index contributed by atoms with van der Waals surface area (Å²) in [6, 6.07) is 28.3. The molecule has 0 unspecified atom stereocenters. The fourth-order valence-corrected chi connectivity index (χ4v) is 9.50. The fraction of sp³-hybridized carbons (Fsp3) is 0.345. The van der Waals surface area contributed by atoms with Gasteiger partial charge < -0.3 is 29.2 Å². The molecule has 0 amide bonds. The lowest BCUT2D eigenvalue weighted by Crippen LogP contribution is -2.68. The first kappa shape index (κ1) is 27.2. The van der Waals surface area contributed by atoms with E-state index in [4.69, 9.17) is 13.9 Å². The van der Waals surface area contributed by atoms with Crippen LogP contribution in [0.15, 0.2) is 91.0 Å². The zero-order valence-corrected chi connectivity index (χ0v) is 22.2. The average molecular weight is 523 g/mol. The highest BCUT2D eigenvalue weighted by molar-refractivity contribution is 6.99. The van der Waals surface area contributed by atoms with E-state index >= 15 is 0 Å². The molecule has 0 bridgehead atoms. The van der Waals surface area contributed by atoms with E-state index in [0.717, 1.165) is 10.4 Å². The number of carbonyl (C=O) groups is 1. The maximum absolute atomic E-state index is 12.6. The van der Waals surface area contributed by atoms with Crippen molar-refractivity contribution >= 4 is 24.7 Å². The summed E-state index contributed by atoms with van der Waals surface area (Å²) in [6.45, 7) is 6.29. The minimum Gasteiger partial charge on any atom is -0.453 e. The van der Waals surface area contributed by atoms with Crippen molar-refractivity contribution in [2.75, 3.05) is 6.61 Å². The highest BCUT2D eigenvalue weighted by Crippen LogP contribution is 2.37. The molecule has 0 spiro atoms. The van der Waals surface area contributed by atoms with E-state index in [0.29, 0.717) is 0 Å². The normalized spacial score (nSPS) is 24.4. The van der Waals surface area contributed by atoms with E-state index in [1.165, 1.54) is 0 Å². The van der Waals surface area contributed by atoms with Gasteiger partial charge in [0.2, 0.25) is 0 Å². The second-order valence-electron chi connectivity index (χ2n) is 10.3. The molecule has 1 heterocycles. The van der Waals surface area contributed by atoms with Crippen LogP contribution in [0.2, 0.25) is 5.04 Å². The number of aliphatic hydroxyl groups excluding tert-OH is 3. The summed E-state index contributed by atoms with van der Waals surface area (Å²) in [5.74, 6) is -0.718. The SMILES string of the molecule is CC(C)(C)[Si](OC[C@H]1O[C@@H](O)[C@H](O)[C@@H](OC(=O)c2ccccc2)[C@@H]1O)(c1ccccc1)c1ccccc1. The monoisotopic (exact) mass is 522 g/mol. The molecule has 3 aromatic carbocycles. The van der Waals surface area contributed by atoms with Gasteiger partial charge in [-0.1, -0.05) is 99.6 Å². The highest BCUT2D eigenvalue weighted by atomic mass is 28.4. The van der Waals surface area contributed by atoms with Crippen LogP contribution >= 0.6 is 0 Å².